The Bertz CT molecular complexity index is 378. The second-order valence-electron chi connectivity index (χ2n) is 4.78. The molecular weight excluding hydrogens is 248 g/mol. The SMILES string of the molecule is Cc1nc(OCCN2CCCCC2)ccc1CCl. The molecule has 0 N–H and O–H groups in total. The largest absolute Gasteiger partial charge is 0.476 e. The number of hydrogen-bond donors (Lipinski definition) is 0. The van der Waals surface area contributed by atoms with Crippen LogP contribution in [-0.4, -0.2) is 36.1 Å². The zero-order chi connectivity index (χ0) is 12.8. The standard InChI is InChI=1S/C14H21ClN2O/c1-12-13(11-15)5-6-14(16-12)18-10-9-17-7-3-2-4-8-17/h5-6H,2-4,7-11H2,1H3. The maximum Gasteiger partial charge on any atom is 0.213 e. The second-order valence-corrected chi connectivity index (χ2v) is 5.05. The average Bonchev–Trinajstić information content (AvgIpc) is 2.40. The molecule has 1 saturated heterocycles. The molecule has 4 heteroatoms. The zero-order valence-electron chi connectivity index (χ0n) is 11.0. The summed E-state index contributed by atoms with van der Waals surface area (Å²) in [5, 5.41) is 0. The summed E-state index contributed by atoms with van der Waals surface area (Å²) in [6.07, 6.45) is 4.02. The molecule has 100 valence electrons. The van der Waals surface area contributed by atoms with Crippen LogP contribution in [0.2, 0.25) is 0 Å². The molecule has 1 aromatic heterocycles. The lowest BCUT2D eigenvalue weighted by Gasteiger charge is -2.26. The molecule has 0 amide bonds. The molecule has 0 aliphatic carbocycles. The molecule has 18 heavy (non-hydrogen) atoms. The fourth-order valence-corrected chi connectivity index (χ4v) is 2.53. The monoisotopic (exact) mass is 268 g/mol. The molecule has 3 nitrogen and oxygen atoms in total. The van der Waals surface area contributed by atoms with Crippen molar-refractivity contribution in [1.82, 2.24) is 9.88 Å². The van der Waals surface area contributed by atoms with Gasteiger partial charge in [0.2, 0.25) is 5.88 Å². The maximum atomic E-state index is 5.80. The summed E-state index contributed by atoms with van der Waals surface area (Å²) < 4.78 is 5.69. The van der Waals surface area contributed by atoms with Gasteiger partial charge in [0.1, 0.15) is 6.61 Å². The van der Waals surface area contributed by atoms with Crippen LogP contribution in [0.25, 0.3) is 0 Å². The summed E-state index contributed by atoms with van der Waals surface area (Å²) in [6, 6.07) is 3.90. The molecule has 0 radical (unpaired) electrons. The van der Waals surface area contributed by atoms with Crippen LogP contribution in [-0.2, 0) is 5.88 Å². The fraction of sp³-hybridized carbons (Fsp3) is 0.643. The average molecular weight is 269 g/mol. The molecule has 0 spiro atoms. The van der Waals surface area contributed by atoms with Gasteiger partial charge >= 0.3 is 0 Å². The van der Waals surface area contributed by atoms with Crippen molar-refractivity contribution in [2.24, 2.45) is 0 Å². The summed E-state index contributed by atoms with van der Waals surface area (Å²) >= 11 is 5.80. The first-order valence-electron chi connectivity index (χ1n) is 6.67. The number of rotatable bonds is 5. The van der Waals surface area contributed by atoms with Crippen LogP contribution in [0.3, 0.4) is 0 Å². The van der Waals surface area contributed by atoms with E-state index in [2.05, 4.69) is 9.88 Å². The first-order chi connectivity index (χ1) is 8.79. The Hall–Kier alpha value is -0.800. The Kier molecular flexibility index (Phi) is 5.26. The molecule has 0 saturated carbocycles. The highest BCUT2D eigenvalue weighted by molar-refractivity contribution is 6.17. The van der Waals surface area contributed by atoms with Gasteiger partial charge in [0.05, 0.1) is 0 Å². The number of hydrogen-bond acceptors (Lipinski definition) is 3. The van der Waals surface area contributed by atoms with E-state index < -0.39 is 0 Å². The molecule has 0 aromatic carbocycles. The third-order valence-electron chi connectivity index (χ3n) is 3.42. The normalized spacial score (nSPS) is 16.8. The van der Waals surface area contributed by atoms with Crippen molar-refractivity contribution in [2.45, 2.75) is 32.1 Å². The Morgan fingerprint density at radius 3 is 2.72 bits per heavy atom. The lowest BCUT2D eigenvalue weighted by Crippen LogP contribution is -2.33. The van der Waals surface area contributed by atoms with Gasteiger partial charge in [-0.1, -0.05) is 12.5 Å². The van der Waals surface area contributed by atoms with Gasteiger partial charge in [-0.2, -0.15) is 0 Å². The molecule has 1 aliphatic rings. The highest BCUT2D eigenvalue weighted by Crippen LogP contribution is 2.14. The van der Waals surface area contributed by atoms with Gasteiger partial charge in [0.25, 0.3) is 0 Å². The van der Waals surface area contributed by atoms with Gasteiger partial charge in [-0.3, -0.25) is 4.90 Å². The molecule has 1 aliphatic heterocycles. The van der Waals surface area contributed by atoms with E-state index in [9.17, 15) is 0 Å². The van der Waals surface area contributed by atoms with E-state index in [0.717, 1.165) is 17.8 Å². The van der Waals surface area contributed by atoms with Crippen molar-refractivity contribution in [3.05, 3.63) is 23.4 Å². The summed E-state index contributed by atoms with van der Waals surface area (Å²) in [6.45, 7) is 6.10. The van der Waals surface area contributed by atoms with Crippen LogP contribution < -0.4 is 4.74 Å². The number of aryl methyl sites for hydroxylation is 1. The Balaban J connectivity index is 1.77. The van der Waals surface area contributed by atoms with Crippen molar-refractivity contribution in [2.75, 3.05) is 26.2 Å². The predicted molar refractivity (Wildman–Crippen MR) is 74.3 cm³/mol. The summed E-state index contributed by atoms with van der Waals surface area (Å²) in [7, 11) is 0. The number of ether oxygens (including phenoxy) is 1. The molecule has 2 heterocycles. The summed E-state index contributed by atoms with van der Waals surface area (Å²) in [4.78, 5) is 6.86. The van der Waals surface area contributed by atoms with Crippen LogP contribution in [0.15, 0.2) is 12.1 Å². The van der Waals surface area contributed by atoms with Crippen molar-refractivity contribution in [3.8, 4) is 5.88 Å². The quantitative estimate of drug-likeness (QED) is 0.768. The molecular formula is C14H21ClN2O. The minimum atomic E-state index is 0.507. The van der Waals surface area contributed by atoms with Gasteiger partial charge in [-0.25, -0.2) is 4.98 Å². The molecule has 0 unspecified atom stereocenters. The van der Waals surface area contributed by atoms with Crippen molar-refractivity contribution < 1.29 is 4.74 Å². The van der Waals surface area contributed by atoms with Crippen molar-refractivity contribution in [3.63, 3.8) is 0 Å². The highest BCUT2D eigenvalue weighted by atomic mass is 35.5. The minimum Gasteiger partial charge on any atom is -0.476 e. The van der Waals surface area contributed by atoms with Gasteiger partial charge < -0.3 is 4.74 Å². The Morgan fingerprint density at radius 2 is 2.06 bits per heavy atom. The third kappa shape index (κ3) is 3.85. The van der Waals surface area contributed by atoms with Crippen LogP contribution >= 0.6 is 11.6 Å². The van der Waals surface area contributed by atoms with Crippen molar-refractivity contribution in [1.29, 1.82) is 0 Å². The predicted octanol–water partition coefficient (Wildman–Crippen LogP) is 2.99. The number of nitrogens with zero attached hydrogens (tertiary/aromatic N) is 2. The van der Waals surface area contributed by atoms with E-state index in [1.54, 1.807) is 0 Å². The highest BCUT2D eigenvalue weighted by Gasteiger charge is 2.09. The van der Waals surface area contributed by atoms with Gasteiger partial charge in [-0.05, 0) is 38.4 Å². The number of piperidine rings is 1. The molecule has 2 rings (SSSR count). The number of alkyl halides is 1. The Morgan fingerprint density at radius 1 is 1.28 bits per heavy atom. The first kappa shape index (κ1) is 13.6. The van der Waals surface area contributed by atoms with Crippen LogP contribution in [0.4, 0.5) is 0 Å². The van der Waals surface area contributed by atoms with E-state index in [1.807, 2.05) is 19.1 Å². The first-order valence-corrected chi connectivity index (χ1v) is 7.20. The van der Waals surface area contributed by atoms with E-state index in [4.69, 9.17) is 16.3 Å². The van der Waals surface area contributed by atoms with Crippen LogP contribution in [0, 0.1) is 6.92 Å². The Labute approximate surface area is 114 Å². The van der Waals surface area contributed by atoms with Gasteiger partial charge in [0, 0.05) is 24.2 Å². The van der Waals surface area contributed by atoms with Crippen molar-refractivity contribution >= 4 is 11.6 Å². The van der Waals surface area contributed by atoms with Crippen LogP contribution in [0.1, 0.15) is 30.5 Å². The molecule has 0 bridgehead atoms. The van der Waals surface area contributed by atoms with Crippen LogP contribution in [0.5, 0.6) is 5.88 Å². The number of pyridine rings is 1. The molecule has 0 atom stereocenters. The topological polar surface area (TPSA) is 25.4 Å². The third-order valence-corrected chi connectivity index (χ3v) is 3.71. The summed E-state index contributed by atoms with van der Waals surface area (Å²) in [5.74, 6) is 1.21. The fourth-order valence-electron chi connectivity index (χ4n) is 2.25. The minimum absolute atomic E-state index is 0.507. The number of aromatic nitrogens is 1. The van der Waals surface area contributed by atoms with E-state index in [0.29, 0.717) is 18.4 Å². The van der Waals surface area contributed by atoms with Gasteiger partial charge in [0.15, 0.2) is 0 Å². The maximum absolute atomic E-state index is 5.80. The second kappa shape index (κ2) is 6.95. The lowest BCUT2D eigenvalue weighted by atomic mass is 10.1. The summed E-state index contributed by atoms with van der Waals surface area (Å²) in [5.41, 5.74) is 2.03. The van der Waals surface area contributed by atoms with E-state index in [-0.39, 0.29) is 0 Å². The number of likely N-dealkylation sites (tertiary alicyclic amines) is 1. The smallest absolute Gasteiger partial charge is 0.213 e. The molecule has 1 aromatic rings. The van der Waals surface area contributed by atoms with Gasteiger partial charge in [-0.15, -0.1) is 11.6 Å². The number of halogens is 1. The van der Waals surface area contributed by atoms with E-state index in [1.165, 1.54) is 32.4 Å². The lowest BCUT2D eigenvalue weighted by molar-refractivity contribution is 0.180. The van der Waals surface area contributed by atoms with E-state index >= 15 is 0 Å². The molecule has 1 fully saturated rings. The zero-order valence-corrected chi connectivity index (χ0v) is 11.7.